The summed E-state index contributed by atoms with van der Waals surface area (Å²) in [6.07, 6.45) is 11.9. The fourth-order valence-electron chi connectivity index (χ4n) is 2.71. The van der Waals surface area contributed by atoms with E-state index >= 15 is 0 Å². The third kappa shape index (κ3) is 20.5. The minimum absolute atomic E-state index is 0. The molecule has 0 aromatic carbocycles. The minimum Gasteiger partial charge on any atom is -1.00 e. The molecule has 0 bridgehead atoms. The molecule has 0 rings (SSSR count). The maximum absolute atomic E-state index is 11.8. The zero-order valence-corrected chi connectivity index (χ0v) is 23.6. The average Bonchev–Trinajstić information content (AvgIpc) is 2.59. The van der Waals surface area contributed by atoms with Gasteiger partial charge in [0.2, 0.25) is 0 Å². The monoisotopic (exact) mass is 456 g/mol. The van der Waals surface area contributed by atoms with Crippen LogP contribution >= 0.6 is 0 Å². The van der Waals surface area contributed by atoms with E-state index in [2.05, 4.69) is 11.7 Å². The first kappa shape index (κ1) is 34.5. The second-order valence-corrected chi connectivity index (χ2v) is 8.31. The standard InChI is InChI=1S/C19H36O7S.2Na.2H/c1-3-5-6-7-8-9-10-11-12-13-14-15-26-19(21)17(27(22,23)24)16-18(20)25-4-2;;;;/h17H,3-16H2,1-2H3,(H,22,23,24);;;;/q;2*+1;2*-1. The van der Waals surface area contributed by atoms with E-state index in [-0.39, 0.29) is 75.2 Å². The Balaban J connectivity index is -0.000000563. The molecule has 0 spiro atoms. The van der Waals surface area contributed by atoms with Crippen molar-refractivity contribution < 1.29 is 94.0 Å². The molecule has 0 aliphatic carbocycles. The fourth-order valence-corrected chi connectivity index (χ4v) is 3.37. The van der Waals surface area contributed by atoms with Crippen molar-refractivity contribution >= 4 is 22.1 Å². The molecular formula is C19H38Na2O7S. The molecule has 0 heterocycles. The summed E-state index contributed by atoms with van der Waals surface area (Å²) >= 11 is 0. The van der Waals surface area contributed by atoms with Gasteiger partial charge in [-0.05, 0) is 13.3 Å². The fraction of sp³-hybridized carbons (Fsp3) is 0.895. The van der Waals surface area contributed by atoms with Crippen molar-refractivity contribution in [1.82, 2.24) is 0 Å². The number of esters is 2. The SMILES string of the molecule is CCCCCCCCCCCCCOC(=O)C(CC(=O)OCC)S(=O)(=O)O.[H-].[H-].[Na+].[Na+]. The second kappa shape index (κ2) is 22.1. The van der Waals surface area contributed by atoms with E-state index in [4.69, 9.17) is 9.29 Å². The summed E-state index contributed by atoms with van der Waals surface area (Å²) in [6, 6.07) is 0. The van der Waals surface area contributed by atoms with Crippen molar-refractivity contribution in [2.75, 3.05) is 13.2 Å². The van der Waals surface area contributed by atoms with E-state index in [1.54, 1.807) is 6.92 Å². The normalized spacial score (nSPS) is 11.7. The van der Waals surface area contributed by atoms with Gasteiger partial charge in [-0.1, -0.05) is 71.1 Å². The maximum Gasteiger partial charge on any atom is 1.00 e. The van der Waals surface area contributed by atoms with E-state index in [9.17, 15) is 18.0 Å². The number of hydrogen-bond donors (Lipinski definition) is 1. The number of unbranched alkanes of at least 4 members (excludes halogenated alkanes) is 10. The Morgan fingerprint density at radius 1 is 0.828 bits per heavy atom. The first-order chi connectivity index (χ1) is 12.8. The molecule has 0 amide bonds. The van der Waals surface area contributed by atoms with Crippen molar-refractivity contribution in [2.24, 2.45) is 0 Å². The predicted octanol–water partition coefficient (Wildman–Crippen LogP) is -1.72. The molecule has 0 radical (unpaired) electrons. The summed E-state index contributed by atoms with van der Waals surface area (Å²) < 4.78 is 41.2. The van der Waals surface area contributed by atoms with E-state index in [0.717, 1.165) is 19.3 Å². The molecular weight excluding hydrogens is 418 g/mol. The summed E-state index contributed by atoms with van der Waals surface area (Å²) in [5, 5.41) is -1.93. The van der Waals surface area contributed by atoms with Gasteiger partial charge in [-0.15, -0.1) is 0 Å². The van der Waals surface area contributed by atoms with E-state index in [1.807, 2.05) is 0 Å². The Morgan fingerprint density at radius 3 is 1.69 bits per heavy atom. The van der Waals surface area contributed by atoms with Gasteiger partial charge in [0.25, 0.3) is 10.1 Å². The van der Waals surface area contributed by atoms with Crippen LogP contribution in [-0.4, -0.2) is 43.4 Å². The van der Waals surface area contributed by atoms with Crippen molar-refractivity contribution in [3.8, 4) is 0 Å². The molecule has 1 N–H and O–H groups in total. The van der Waals surface area contributed by atoms with E-state index in [0.29, 0.717) is 6.42 Å². The van der Waals surface area contributed by atoms with Gasteiger partial charge in [-0.2, -0.15) is 8.42 Å². The van der Waals surface area contributed by atoms with Crippen LogP contribution in [0, 0.1) is 0 Å². The van der Waals surface area contributed by atoms with Crippen LogP contribution in [-0.2, 0) is 29.2 Å². The van der Waals surface area contributed by atoms with Crippen molar-refractivity contribution in [1.29, 1.82) is 0 Å². The molecule has 0 aliphatic heterocycles. The Labute approximate surface area is 223 Å². The molecule has 29 heavy (non-hydrogen) atoms. The maximum atomic E-state index is 11.8. The Morgan fingerprint density at radius 2 is 1.28 bits per heavy atom. The molecule has 1 atom stereocenters. The summed E-state index contributed by atoms with van der Waals surface area (Å²) in [6.45, 7) is 3.90. The second-order valence-electron chi connectivity index (χ2n) is 6.72. The van der Waals surface area contributed by atoms with Gasteiger partial charge < -0.3 is 12.3 Å². The van der Waals surface area contributed by atoms with E-state index in [1.165, 1.54) is 44.9 Å². The van der Waals surface area contributed by atoms with Gasteiger partial charge >= 0.3 is 71.1 Å². The number of carbonyl (C=O) groups is 2. The van der Waals surface area contributed by atoms with Crippen LogP contribution in [0.3, 0.4) is 0 Å². The molecule has 7 nitrogen and oxygen atoms in total. The van der Waals surface area contributed by atoms with Crippen LogP contribution in [0.15, 0.2) is 0 Å². The summed E-state index contributed by atoms with van der Waals surface area (Å²) in [4.78, 5) is 23.2. The summed E-state index contributed by atoms with van der Waals surface area (Å²) in [5.74, 6) is -1.98. The first-order valence-corrected chi connectivity index (χ1v) is 11.6. The molecule has 10 heteroatoms. The zero-order chi connectivity index (χ0) is 20.5. The van der Waals surface area contributed by atoms with E-state index < -0.39 is 33.7 Å². The van der Waals surface area contributed by atoms with Crippen LogP contribution in [0.4, 0.5) is 0 Å². The van der Waals surface area contributed by atoms with Gasteiger partial charge in [0.05, 0.1) is 19.6 Å². The van der Waals surface area contributed by atoms with Crippen LogP contribution in [0.5, 0.6) is 0 Å². The summed E-state index contributed by atoms with van der Waals surface area (Å²) in [7, 11) is -4.72. The van der Waals surface area contributed by atoms with Crippen LogP contribution < -0.4 is 59.1 Å². The van der Waals surface area contributed by atoms with Gasteiger partial charge in [0.1, 0.15) is 0 Å². The number of carbonyl (C=O) groups excluding carboxylic acids is 2. The average molecular weight is 457 g/mol. The van der Waals surface area contributed by atoms with Gasteiger partial charge in [0.15, 0.2) is 5.25 Å². The smallest absolute Gasteiger partial charge is 1.00 e. The van der Waals surface area contributed by atoms with Crippen molar-refractivity contribution in [3.63, 3.8) is 0 Å². The van der Waals surface area contributed by atoms with Crippen molar-refractivity contribution in [3.05, 3.63) is 0 Å². The number of ether oxygens (including phenoxy) is 2. The molecule has 0 aromatic rings. The first-order valence-electron chi connectivity index (χ1n) is 10.1. The van der Waals surface area contributed by atoms with Crippen LogP contribution in [0.2, 0.25) is 0 Å². The molecule has 0 saturated carbocycles. The molecule has 0 saturated heterocycles. The number of hydrogen-bond acceptors (Lipinski definition) is 6. The quantitative estimate of drug-likeness (QED) is 0.120. The Bertz CT molecular complexity index is 523. The third-order valence-electron chi connectivity index (χ3n) is 4.27. The molecule has 1 unspecified atom stereocenters. The molecule has 0 aromatic heterocycles. The Kier molecular flexibility index (Phi) is 26.2. The van der Waals surface area contributed by atoms with Gasteiger partial charge in [-0.3, -0.25) is 14.1 Å². The van der Waals surface area contributed by atoms with Gasteiger partial charge in [0, 0.05) is 0 Å². The zero-order valence-electron chi connectivity index (χ0n) is 20.8. The topological polar surface area (TPSA) is 107 Å². The van der Waals surface area contributed by atoms with Crippen LogP contribution in [0.25, 0.3) is 0 Å². The van der Waals surface area contributed by atoms with Gasteiger partial charge in [-0.25, -0.2) is 0 Å². The van der Waals surface area contributed by atoms with Crippen molar-refractivity contribution in [2.45, 2.75) is 96.1 Å². The molecule has 164 valence electrons. The minimum atomic E-state index is -4.72. The molecule has 0 fully saturated rings. The molecule has 0 aliphatic rings. The number of rotatable bonds is 17. The van der Waals surface area contributed by atoms with Crippen LogP contribution in [0.1, 0.15) is 93.8 Å². The predicted molar refractivity (Wildman–Crippen MR) is 106 cm³/mol. The largest absolute Gasteiger partial charge is 1.00 e. The summed E-state index contributed by atoms with van der Waals surface area (Å²) in [5.41, 5.74) is 0. The Hall–Kier alpha value is 0.850. The third-order valence-corrected chi connectivity index (χ3v) is 5.35.